The van der Waals surface area contributed by atoms with Crippen LogP contribution < -0.4 is 10.2 Å². The summed E-state index contributed by atoms with van der Waals surface area (Å²) in [6.07, 6.45) is 2.17. The van der Waals surface area contributed by atoms with Crippen molar-refractivity contribution in [1.82, 2.24) is 14.9 Å². The molecule has 3 heterocycles. The molecule has 0 radical (unpaired) electrons. The predicted octanol–water partition coefficient (Wildman–Crippen LogP) is 5.70. The van der Waals surface area contributed by atoms with E-state index in [1.54, 1.807) is 0 Å². The van der Waals surface area contributed by atoms with Gasteiger partial charge in [0.2, 0.25) is 0 Å². The lowest BCUT2D eigenvalue weighted by Gasteiger charge is -2.34. The minimum Gasteiger partial charge on any atom is -0.423 e. The Bertz CT molecular complexity index is 1330. The Kier molecular flexibility index (Phi) is 6.29. The number of anilines is 2. The number of piperidine rings is 1. The average molecular weight is 496 g/mol. The van der Waals surface area contributed by atoms with Gasteiger partial charge in [0.25, 0.3) is 11.9 Å². The van der Waals surface area contributed by atoms with Gasteiger partial charge in [-0.05, 0) is 70.2 Å². The molecule has 0 atom stereocenters. The highest BCUT2D eigenvalue weighted by Crippen LogP contribution is 2.31. The first-order valence-electron chi connectivity index (χ1n) is 11.2. The topological polar surface area (TPSA) is 74.5 Å². The molecule has 2 aromatic carbocycles. The number of likely N-dealkylation sites (tertiary alicyclic amines) is 1. The second-order valence-corrected chi connectivity index (χ2v) is 10.2. The van der Waals surface area contributed by atoms with E-state index in [-0.39, 0.29) is 5.91 Å². The summed E-state index contributed by atoms with van der Waals surface area (Å²) < 4.78 is 6.01. The number of carbonyl (C=O) groups excluding carboxylic acids is 1. The number of benzene rings is 2. The molecule has 9 heteroatoms. The van der Waals surface area contributed by atoms with Crippen molar-refractivity contribution in [3.8, 4) is 10.6 Å². The number of hydrogen-bond acceptors (Lipinski definition) is 7. The number of nitrogens with zero attached hydrogens (tertiary/aromatic N) is 4. The Hall–Kier alpha value is -2.94. The molecule has 1 amide bonds. The predicted molar refractivity (Wildman–Crippen MR) is 138 cm³/mol. The SMILES string of the molecule is Cc1nc(-c2ccc(Cl)cc2)sc1C(=O)Nc1ccc2oc(N(C)C3CCN(C)CC3)nc2c1. The zero-order valence-corrected chi connectivity index (χ0v) is 20.9. The number of aryl methyl sites for hydroxylation is 1. The molecule has 7 nitrogen and oxygen atoms in total. The molecule has 34 heavy (non-hydrogen) atoms. The van der Waals surface area contributed by atoms with Crippen LogP contribution in [0.2, 0.25) is 5.02 Å². The third-order valence-electron chi connectivity index (χ3n) is 6.27. The van der Waals surface area contributed by atoms with Crippen LogP contribution in [-0.4, -0.2) is 54.0 Å². The van der Waals surface area contributed by atoms with Crippen LogP contribution in [0.3, 0.4) is 0 Å². The van der Waals surface area contributed by atoms with Crippen LogP contribution in [0.4, 0.5) is 11.7 Å². The zero-order valence-electron chi connectivity index (χ0n) is 19.3. The van der Waals surface area contributed by atoms with Gasteiger partial charge < -0.3 is 19.5 Å². The Labute approximate surface area is 207 Å². The lowest BCUT2D eigenvalue weighted by Crippen LogP contribution is -2.42. The highest BCUT2D eigenvalue weighted by Gasteiger charge is 2.24. The van der Waals surface area contributed by atoms with Crippen molar-refractivity contribution in [3.05, 3.63) is 58.1 Å². The second-order valence-electron chi connectivity index (χ2n) is 8.72. The summed E-state index contributed by atoms with van der Waals surface area (Å²) in [7, 11) is 4.19. The second kappa shape index (κ2) is 9.37. The molecule has 2 aromatic heterocycles. The Balaban J connectivity index is 1.32. The van der Waals surface area contributed by atoms with Crippen LogP contribution in [-0.2, 0) is 0 Å². The van der Waals surface area contributed by atoms with E-state index in [0.29, 0.717) is 38.9 Å². The average Bonchev–Trinajstić information content (AvgIpc) is 3.43. The van der Waals surface area contributed by atoms with E-state index in [4.69, 9.17) is 16.0 Å². The van der Waals surface area contributed by atoms with Gasteiger partial charge in [-0.2, -0.15) is 4.98 Å². The lowest BCUT2D eigenvalue weighted by molar-refractivity contribution is 0.103. The van der Waals surface area contributed by atoms with Gasteiger partial charge in [-0.3, -0.25) is 4.79 Å². The molecule has 1 saturated heterocycles. The van der Waals surface area contributed by atoms with E-state index < -0.39 is 0 Å². The van der Waals surface area contributed by atoms with Crippen molar-refractivity contribution in [2.45, 2.75) is 25.8 Å². The van der Waals surface area contributed by atoms with Crippen molar-refractivity contribution < 1.29 is 9.21 Å². The summed E-state index contributed by atoms with van der Waals surface area (Å²) in [5.41, 5.74) is 3.71. The molecule has 1 aliphatic heterocycles. The summed E-state index contributed by atoms with van der Waals surface area (Å²) in [5.74, 6) is -0.193. The third kappa shape index (κ3) is 4.66. The molecule has 5 rings (SSSR count). The normalized spacial score (nSPS) is 15.1. The first-order valence-corrected chi connectivity index (χ1v) is 12.4. The molecule has 0 aliphatic carbocycles. The quantitative estimate of drug-likeness (QED) is 0.383. The third-order valence-corrected chi connectivity index (χ3v) is 7.72. The van der Waals surface area contributed by atoms with Crippen LogP contribution in [0.15, 0.2) is 46.9 Å². The smallest absolute Gasteiger partial charge is 0.298 e. The maximum Gasteiger partial charge on any atom is 0.298 e. The minimum absolute atomic E-state index is 0.193. The molecule has 1 N–H and O–H groups in total. The monoisotopic (exact) mass is 495 g/mol. The Morgan fingerprint density at radius 1 is 1.18 bits per heavy atom. The van der Waals surface area contributed by atoms with Crippen LogP contribution in [0.5, 0.6) is 0 Å². The number of oxazole rings is 1. The molecular formula is C25H26ClN5O2S. The number of amides is 1. The standard InChI is InChI=1S/C25H26ClN5O2S/c1-15-22(34-24(27-15)16-4-6-17(26)7-5-16)23(32)28-18-8-9-21-20(14-18)29-25(33-21)31(3)19-10-12-30(2)13-11-19/h4-9,14,19H,10-13H2,1-3H3,(H,28,32). The summed E-state index contributed by atoms with van der Waals surface area (Å²) in [6.45, 7) is 3.99. The molecule has 1 aliphatic rings. The zero-order chi connectivity index (χ0) is 23.8. The van der Waals surface area contributed by atoms with E-state index >= 15 is 0 Å². The highest BCUT2D eigenvalue weighted by atomic mass is 35.5. The number of fused-ring (bicyclic) bond motifs is 1. The fourth-order valence-corrected chi connectivity index (χ4v) is 5.29. The van der Waals surface area contributed by atoms with Crippen molar-refractivity contribution in [2.24, 2.45) is 0 Å². The number of hydrogen-bond donors (Lipinski definition) is 1. The van der Waals surface area contributed by atoms with Gasteiger partial charge in [-0.25, -0.2) is 4.98 Å². The van der Waals surface area contributed by atoms with Gasteiger partial charge in [0.1, 0.15) is 15.4 Å². The van der Waals surface area contributed by atoms with Crippen LogP contribution in [0, 0.1) is 6.92 Å². The number of rotatable bonds is 5. The van der Waals surface area contributed by atoms with E-state index in [0.717, 1.165) is 42.0 Å². The van der Waals surface area contributed by atoms with Gasteiger partial charge >= 0.3 is 0 Å². The molecule has 1 fully saturated rings. The lowest BCUT2D eigenvalue weighted by atomic mass is 10.0. The molecule has 0 bridgehead atoms. The summed E-state index contributed by atoms with van der Waals surface area (Å²) in [6, 6.07) is 14.0. The van der Waals surface area contributed by atoms with Gasteiger partial charge in [-0.15, -0.1) is 11.3 Å². The summed E-state index contributed by atoms with van der Waals surface area (Å²) in [4.78, 5) is 27.3. The molecule has 0 unspecified atom stereocenters. The Morgan fingerprint density at radius 3 is 2.65 bits per heavy atom. The van der Waals surface area contributed by atoms with Crippen LogP contribution >= 0.6 is 22.9 Å². The van der Waals surface area contributed by atoms with E-state index in [1.165, 1.54) is 11.3 Å². The van der Waals surface area contributed by atoms with Gasteiger partial charge in [0.15, 0.2) is 5.58 Å². The number of thiazole rings is 1. The van der Waals surface area contributed by atoms with Gasteiger partial charge in [-0.1, -0.05) is 23.7 Å². The maximum atomic E-state index is 13.0. The van der Waals surface area contributed by atoms with Crippen molar-refractivity contribution in [2.75, 3.05) is 37.4 Å². The first kappa shape index (κ1) is 22.8. The summed E-state index contributed by atoms with van der Waals surface area (Å²) in [5, 5.41) is 4.43. The first-order chi connectivity index (χ1) is 16.4. The molecular weight excluding hydrogens is 470 g/mol. The van der Waals surface area contributed by atoms with Crippen LogP contribution in [0.25, 0.3) is 21.7 Å². The fourth-order valence-electron chi connectivity index (χ4n) is 4.19. The highest BCUT2D eigenvalue weighted by molar-refractivity contribution is 7.17. The summed E-state index contributed by atoms with van der Waals surface area (Å²) >= 11 is 7.35. The number of nitrogens with one attached hydrogen (secondary N) is 1. The Morgan fingerprint density at radius 2 is 1.91 bits per heavy atom. The largest absolute Gasteiger partial charge is 0.423 e. The van der Waals surface area contributed by atoms with E-state index in [2.05, 4.69) is 32.1 Å². The number of carbonyl (C=O) groups is 1. The molecule has 0 saturated carbocycles. The van der Waals surface area contributed by atoms with Gasteiger partial charge in [0, 0.05) is 29.4 Å². The number of halogens is 1. The fraction of sp³-hybridized carbons (Fsp3) is 0.320. The van der Waals surface area contributed by atoms with Crippen LogP contribution in [0.1, 0.15) is 28.2 Å². The molecule has 0 spiro atoms. The molecule has 4 aromatic rings. The van der Waals surface area contributed by atoms with Gasteiger partial charge in [0.05, 0.1) is 5.69 Å². The van der Waals surface area contributed by atoms with Crippen molar-refractivity contribution in [3.63, 3.8) is 0 Å². The van der Waals surface area contributed by atoms with Crippen molar-refractivity contribution >= 4 is 51.6 Å². The minimum atomic E-state index is -0.193. The molecule has 176 valence electrons. The van der Waals surface area contributed by atoms with E-state index in [9.17, 15) is 4.79 Å². The number of aromatic nitrogens is 2. The van der Waals surface area contributed by atoms with Crippen molar-refractivity contribution in [1.29, 1.82) is 0 Å². The maximum absolute atomic E-state index is 13.0. The van der Waals surface area contributed by atoms with E-state index in [1.807, 2.05) is 56.4 Å².